The first-order chi connectivity index (χ1) is 12.5. The first-order valence-corrected chi connectivity index (χ1v) is 7.68. The van der Waals surface area contributed by atoms with Crippen LogP contribution >= 0.6 is 0 Å². The second-order valence-electron chi connectivity index (χ2n) is 5.19. The van der Waals surface area contributed by atoms with Crippen LogP contribution in [0.25, 0.3) is 0 Å². The summed E-state index contributed by atoms with van der Waals surface area (Å²) in [6.07, 6.45) is 0.00622. The van der Waals surface area contributed by atoms with Gasteiger partial charge >= 0.3 is 0 Å². The van der Waals surface area contributed by atoms with Gasteiger partial charge in [-0.1, -0.05) is 6.07 Å². The Labute approximate surface area is 150 Å². The fourth-order valence-electron chi connectivity index (χ4n) is 2.07. The average molecular weight is 362 g/mol. The van der Waals surface area contributed by atoms with Crippen molar-refractivity contribution < 1.29 is 28.2 Å². The maximum Gasteiger partial charge on any atom is 0.276 e. The molecule has 0 aliphatic heterocycles. The van der Waals surface area contributed by atoms with E-state index in [9.17, 15) is 14.0 Å². The molecule has 2 amide bonds. The molecule has 0 heterocycles. The summed E-state index contributed by atoms with van der Waals surface area (Å²) in [6.45, 7) is -0.322. The Bertz CT molecular complexity index is 765. The van der Waals surface area contributed by atoms with Crippen molar-refractivity contribution in [3.8, 4) is 17.2 Å². The Morgan fingerprint density at radius 1 is 0.923 bits per heavy atom. The van der Waals surface area contributed by atoms with E-state index in [4.69, 9.17) is 14.2 Å². The molecule has 0 bridgehead atoms. The molecule has 2 aromatic rings. The van der Waals surface area contributed by atoms with Crippen LogP contribution in [0.2, 0.25) is 0 Å². The lowest BCUT2D eigenvalue weighted by Gasteiger charge is -2.11. The van der Waals surface area contributed by atoms with E-state index in [2.05, 4.69) is 10.9 Å². The summed E-state index contributed by atoms with van der Waals surface area (Å²) >= 11 is 0. The van der Waals surface area contributed by atoms with Gasteiger partial charge in [0.2, 0.25) is 5.91 Å². The molecule has 0 aliphatic rings. The molecule has 2 aromatic carbocycles. The number of hydrazine groups is 1. The van der Waals surface area contributed by atoms with Crippen molar-refractivity contribution in [3.05, 3.63) is 53.8 Å². The van der Waals surface area contributed by atoms with Gasteiger partial charge in [-0.3, -0.25) is 20.4 Å². The molecule has 0 aromatic heterocycles. The molecule has 8 heteroatoms. The average Bonchev–Trinajstić information content (AvgIpc) is 2.66. The number of rotatable bonds is 7. The molecule has 0 unspecified atom stereocenters. The zero-order chi connectivity index (χ0) is 18.9. The van der Waals surface area contributed by atoms with Gasteiger partial charge in [0.25, 0.3) is 5.91 Å². The van der Waals surface area contributed by atoms with E-state index in [0.29, 0.717) is 22.8 Å². The van der Waals surface area contributed by atoms with E-state index in [1.165, 1.54) is 38.5 Å². The Kier molecular flexibility index (Phi) is 6.78. The number of ether oxygens (including phenoxy) is 3. The molecule has 0 radical (unpaired) electrons. The maximum atomic E-state index is 12.8. The van der Waals surface area contributed by atoms with E-state index >= 15 is 0 Å². The molecule has 2 rings (SSSR count). The zero-order valence-electron chi connectivity index (χ0n) is 14.4. The van der Waals surface area contributed by atoms with E-state index in [1.54, 1.807) is 18.2 Å². The highest BCUT2D eigenvalue weighted by Gasteiger charge is 2.11. The van der Waals surface area contributed by atoms with Crippen LogP contribution in [0.3, 0.4) is 0 Å². The van der Waals surface area contributed by atoms with Crippen molar-refractivity contribution >= 4 is 11.8 Å². The number of methoxy groups -OCH3 is 2. The van der Waals surface area contributed by atoms with Crippen molar-refractivity contribution in [1.82, 2.24) is 10.9 Å². The van der Waals surface area contributed by atoms with Crippen LogP contribution in [-0.2, 0) is 16.0 Å². The lowest BCUT2D eigenvalue weighted by molar-refractivity contribution is -0.129. The van der Waals surface area contributed by atoms with Crippen molar-refractivity contribution in [2.45, 2.75) is 6.42 Å². The van der Waals surface area contributed by atoms with Crippen LogP contribution in [0.15, 0.2) is 42.5 Å². The zero-order valence-corrected chi connectivity index (χ0v) is 14.4. The van der Waals surface area contributed by atoms with Crippen LogP contribution in [-0.4, -0.2) is 32.6 Å². The number of carbonyl (C=O) groups excluding carboxylic acids is 2. The molecular weight excluding hydrogens is 343 g/mol. The van der Waals surface area contributed by atoms with Gasteiger partial charge in [0.05, 0.1) is 20.6 Å². The van der Waals surface area contributed by atoms with Crippen molar-refractivity contribution in [2.75, 3.05) is 20.8 Å². The van der Waals surface area contributed by atoms with E-state index < -0.39 is 17.6 Å². The number of carbonyl (C=O) groups is 2. The largest absolute Gasteiger partial charge is 0.497 e. The number of benzene rings is 2. The van der Waals surface area contributed by atoms with Crippen LogP contribution < -0.4 is 25.1 Å². The Balaban J connectivity index is 1.79. The van der Waals surface area contributed by atoms with E-state index in [1.807, 2.05) is 0 Å². The fourth-order valence-corrected chi connectivity index (χ4v) is 2.07. The Morgan fingerprint density at radius 2 is 1.58 bits per heavy atom. The van der Waals surface area contributed by atoms with E-state index in [-0.39, 0.29) is 13.0 Å². The summed E-state index contributed by atoms with van der Waals surface area (Å²) in [7, 11) is 3.02. The molecular formula is C18H19FN2O5. The van der Waals surface area contributed by atoms with Gasteiger partial charge in [0.1, 0.15) is 23.1 Å². The summed E-state index contributed by atoms with van der Waals surface area (Å²) < 4.78 is 28.3. The highest BCUT2D eigenvalue weighted by atomic mass is 19.1. The lowest BCUT2D eigenvalue weighted by Crippen LogP contribution is -2.44. The second kappa shape index (κ2) is 9.26. The molecule has 0 aliphatic carbocycles. The third-order valence-electron chi connectivity index (χ3n) is 3.37. The van der Waals surface area contributed by atoms with E-state index in [0.717, 1.165) is 0 Å². The quantitative estimate of drug-likeness (QED) is 0.731. The minimum Gasteiger partial charge on any atom is -0.497 e. The molecule has 26 heavy (non-hydrogen) atoms. The monoisotopic (exact) mass is 362 g/mol. The lowest BCUT2D eigenvalue weighted by atomic mass is 10.1. The first-order valence-electron chi connectivity index (χ1n) is 7.68. The highest BCUT2D eigenvalue weighted by molar-refractivity contribution is 5.84. The fraction of sp³-hybridized carbons (Fsp3) is 0.222. The number of hydrogen-bond acceptors (Lipinski definition) is 5. The minimum absolute atomic E-state index is 0.00622. The smallest absolute Gasteiger partial charge is 0.276 e. The molecule has 7 nitrogen and oxygen atoms in total. The van der Waals surface area contributed by atoms with Gasteiger partial charge in [-0.15, -0.1) is 0 Å². The van der Waals surface area contributed by atoms with Gasteiger partial charge < -0.3 is 14.2 Å². The van der Waals surface area contributed by atoms with Crippen molar-refractivity contribution in [1.29, 1.82) is 0 Å². The number of nitrogens with one attached hydrogen (secondary N) is 2. The summed E-state index contributed by atoms with van der Waals surface area (Å²) in [5, 5.41) is 0. The summed E-state index contributed by atoms with van der Waals surface area (Å²) in [5.74, 6) is 0.0783. The predicted molar refractivity (Wildman–Crippen MR) is 91.4 cm³/mol. The predicted octanol–water partition coefficient (Wildman–Crippen LogP) is 1.61. The first kappa shape index (κ1) is 19.0. The molecule has 0 fully saturated rings. The minimum atomic E-state index is -0.552. The number of halogens is 1. The Morgan fingerprint density at radius 3 is 2.23 bits per heavy atom. The SMILES string of the molecule is COc1ccc(CC(=O)NNC(=O)COc2ccc(F)cc2)c(OC)c1. The summed E-state index contributed by atoms with van der Waals surface area (Å²) in [6, 6.07) is 10.3. The maximum absolute atomic E-state index is 12.8. The molecule has 2 N–H and O–H groups in total. The molecule has 0 spiro atoms. The van der Waals surface area contributed by atoms with Crippen molar-refractivity contribution in [3.63, 3.8) is 0 Å². The van der Waals surface area contributed by atoms with Gasteiger partial charge in [-0.05, 0) is 30.3 Å². The molecule has 0 saturated heterocycles. The van der Waals surface area contributed by atoms with Crippen LogP contribution in [0.1, 0.15) is 5.56 Å². The second-order valence-corrected chi connectivity index (χ2v) is 5.19. The molecule has 0 saturated carbocycles. The Hall–Kier alpha value is -3.29. The van der Waals surface area contributed by atoms with Crippen molar-refractivity contribution in [2.24, 2.45) is 0 Å². The molecule has 0 atom stereocenters. The molecule has 138 valence electrons. The van der Waals surface area contributed by atoms with Gasteiger partial charge in [0.15, 0.2) is 6.61 Å². The van der Waals surface area contributed by atoms with Gasteiger partial charge in [-0.2, -0.15) is 0 Å². The highest BCUT2D eigenvalue weighted by Crippen LogP contribution is 2.24. The van der Waals surface area contributed by atoms with Crippen LogP contribution in [0, 0.1) is 5.82 Å². The summed E-state index contributed by atoms with van der Waals surface area (Å²) in [5.41, 5.74) is 5.17. The van der Waals surface area contributed by atoms with Crippen LogP contribution in [0.5, 0.6) is 17.2 Å². The third-order valence-corrected chi connectivity index (χ3v) is 3.37. The summed E-state index contributed by atoms with van der Waals surface area (Å²) in [4.78, 5) is 23.6. The standard InChI is InChI=1S/C18H19FN2O5/c1-24-15-6-3-12(16(10-15)25-2)9-17(22)20-21-18(23)11-26-14-7-4-13(19)5-8-14/h3-8,10H,9,11H2,1-2H3,(H,20,22)(H,21,23). The normalized spacial score (nSPS) is 9.96. The third kappa shape index (κ3) is 5.66. The number of amides is 2. The number of hydrogen-bond donors (Lipinski definition) is 2. The topological polar surface area (TPSA) is 85.9 Å². The van der Waals surface area contributed by atoms with Gasteiger partial charge in [0, 0.05) is 11.6 Å². The van der Waals surface area contributed by atoms with Gasteiger partial charge in [-0.25, -0.2) is 4.39 Å². The van der Waals surface area contributed by atoms with Crippen LogP contribution in [0.4, 0.5) is 4.39 Å².